The zero-order valence-electron chi connectivity index (χ0n) is 15.1. The summed E-state index contributed by atoms with van der Waals surface area (Å²) < 4.78 is 0. The molecule has 1 N–H and O–H groups in total. The molecule has 5 rings (SSSR count). The lowest BCUT2D eigenvalue weighted by atomic mass is 9.66. The van der Waals surface area contributed by atoms with Crippen LogP contribution in [0.4, 0.5) is 0 Å². The van der Waals surface area contributed by atoms with Crippen molar-refractivity contribution in [1.29, 1.82) is 5.26 Å². The minimum atomic E-state index is -0.793. The summed E-state index contributed by atoms with van der Waals surface area (Å²) in [4.78, 5) is 2.51. The molecule has 0 aromatic heterocycles. The van der Waals surface area contributed by atoms with E-state index in [1.807, 2.05) is 42.5 Å². The van der Waals surface area contributed by atoms with E-state index in [0.717, 1.165) is 24.9 Å². The number of aryl methyl sites for hydroxylation is 1. The molecule has 2 atom stereocenters. The fraction of sp³-hybridized carbons (Fsp3) is 0.435. The van der Waals surface area contributed by atoms with Crippen LogP contribution >= 0.6 is 0 Å². The standard InChI is InChI=1S/C23H26N2O.H2/c24-16-19-8-6-18(7-9-19)10-13-23(26,21-4-2-1-3-5-21)22-17-25-14-11-20(22)12-15-25;/h1-9,20,22,26H,10-15,17H2;1H. The summed E-state index contributed by atoms with van der Waals surface area (Å²) in [6.07, 6.45) is 3.95. The summed E-state index contributed by atoms with van der Waals surface area (Å²) in [5.74, 6) is 0.914. The highest BCUT2D eigenvalue weighted by molar-refractivity contribution is 5.32. The van der Waals surface area contributed by atoms with Crippen LogP contribution in [0.5, 0.6) is 0 Å². The minimum absolute atomic E-state index is 0. The Morgan fingerprint density at radius 3 is 2.35 bits per heavy atom. The number of nitriles is 1. The summed E-state index contributed by atoms with van der Waals surface area (Å²) >= 11 is 0. The van der Waals surface area contributed by atoms with Gasteiger partial charge < -0.3 is 10.0 Å². The van der Waals surface area contributed by atoms with E-state index in [0.29, 0.717) is 17.4 Å². The Morgan fingerprint density at radius 1 is 1.08 bits per heavy atom. The predicted molar refractivity (Wildman–Crippen MR) is 105 cm³/mol. The first-order valence-corrected chi connectivity index (χ1v) is 9.68. The molecule has 0 amide bonds. The molecule has 0 saturated carbocycles. The quantitative estimate of drug-likeness (QED) is 0.889. The van der Waals surface area contributed by atoms with Crippen molar-refractivity contribution in [1.82, 2.24) is 4.90 Å². The average molecular weight is 348 g/mol. The van der Waals surface area contributed by atoms with Crippen LogP contribution in [0.25, 0.3) is 0 Å². The molecule has 2 bridgehead atoms. The van der Waals surface area contributed by atoms with Gasteiger partial charge in [-0.1, -0.05) is 42.5 Å². The van der Waals surface area contributed by atoms with Crippen LogP contribution in [0.3, 0.4) is 0 Å². The molecule has 3 fully saturated rings. The van der Waals surface area contributed by atoms with E-state index in [1.165, 1.54) is 31.5 Å². The molecular weight excluding hydrogens is 320 g/mol. The first kappa shape index (κ1) is 17.3. The number of piperidine rings is 3. The van der Waals surface area contributed by atoms with Crippen molar-refractivity contribution >= 4 is 0 Å². The third-order valence-electron chi connectivity index (χ3n) is 6.42. The molecule has 136 valence electrons. The Balaban J connectivity index is 0.00000210. The molecule has 0 radical (unpaired) electrons. The van der Waals surface area contributed by atoms with Crippen molar-refractivity contribution in [2.75, 3.05) is 19.6 Å². The highest BCUT2D eigenvalue weighted by Crippen LogP contribution is 2.45. The van der Waals surface area contributed by atoms with Gasteiger partial charge in [-0.05, 0) is 68.0 Å². The van der Waals surface area contributed by atoms with E-state index in [-0.39, 0.29) is 1.43 Å². The van der Waals surface area contributed by atoms with Gasteiger partial charge in [-0.2, -0.15) is 5.26 Å². The first-order chi connectivity index (χ1) is 12.7. The molecule has 26 heavy (non-hydrogen) atoms. The van der Waals surface area contributed by atoms with E-state index < -0.39 is 5.60 Å². The van der Waals surface area contributed by atoms with Gasteiger partial charge in [0.05, 0.1) is 17.2 Å². The van der Waals surface area contributed by atoms with E-state index in [4.69, 9.17) is 5.26 Å². The number of hydrogen-bond acceptors (Lipinski definition) is 3. The van der Waals surface area contributed by atoms with Gasteiger partial charge >= 0.3 is 0 Å². The predicted octanol–water partition coefficient (Wildman–Crippen LogP) is 3.97. The van der Waals surface area contributed by atoms with Crippen LogP contribution in [-0.4, -0.2) is 29.6 Å². The maximum Gasteiger partial charge on any atom is 0.0991 e. The van der Waals surface area contributed by atoms with Crippen LogP contribution in [0, 0.1) is 23.2 Å². The second-order valence-corrected chi connectivity index (χ2v) is 7.84. The summed E-state index contributed by atoms with van der Waals surface area (Å²) in [6, 6.07) is 20.2. The van der Waals surface area contributed by atoms with Crippen LogP contribution in [0.1, 0.15) is 37.4 Å². The molecule has 2 unspecified atom stereocenters. The molecule has 0 aliphatic carbocycles. The second kappa shape index (κ2) is 7.23. The summed E-state index contributed by atoms with van der Waals surface area (Å²) in [7, 11) is 0. The molecule has 2 aromatic carbocycles. The van der Waals surface area contributed by atoms with Gasteiger partial charge in [0.15, 0.2) is 0 Å². The smallest absolute Gasteiger partial charge is 0.0991 e. The van der Waals surface area contributed by atoms with Crippen LogP contribution < -0.4 is 0 Å². The number of fused-ring (bicyclic) bond motifs is 3. The molecule has 0 spiro atoms. The first-order valence-electron chi connectivity index (χ1n) is 9.68. The monoisotopic (exact) mass is 348 g/mol. The fourth-order valence-electron chi connectivity index (χ4n) is 4.86. The van der Waals surface area contributed by atoms with Crippen LogP contribution in [-0.2, 0) is 12.0 Å². The van der Waals surface area contributed by atoms with Gasteiger partial charge in [0.25, 0.3) is 0 Å². The van der Waals surface area contributed by atoms with Crippen molar-refractivity contribution in [3.8, 4) is 6.07 Å². The van der Waals surface area contributed by atoms with E-state index in [9.17, 15) is 5.11 Å². The SMILES string of the molecule is N#Cc1ccc(CCC(O)(c2ccccc2)C2CN3CCC2CC3)cc1.[HH]. The van der Waals surface area contributed by atoms with Crippen molar-refractivity contribution in [2.24, 2.45) is 11.8 Å². The molecule has 3 heterocycles. The number of aliphatic hydroxyl groups is 1. The van der Waals surface area contributed by atoms with Crippen LogP contribution in [0.2, 0.25) is 0 Å². The van der Waals surface area contributed by atoms with Crippen LogP contribution in [0.15, 0.2) is 54.6 Å². The highest BCUT2D eigenvalue weighted by Gasteiger charge is 2.47. The van der Waals surface area contributed by atoms with Crippen molar-refractivity contribution in [3.63, 3.8) is 0 Å². The average Bonchev–Trinajstić information content (AvgIpc) is 2.74. The van der Waals surface area contributed by atoms with Crippen molar-refractivity contribution in [2.45, 2.75) is 31.3 Å². The molecule has 3 heteroatoms. The lowest BCUT2D eigenvalue weighted by Gasteiger charge is -2.51. The highest BCUT2D eigenvalue weighted by atomic mass is 16.3. The Hall–Kier alpha value is -2.15. The molecular formula is C23H28N2O. The molecule has 3 aliphatic rings. The zero-order valence-corrected chi connectivity index (χ0v) is 15.1. The fourth-order valence-corrected chi connectivity index (χ4v) is 4.86. The Labute approximate surface area is 157 Å². The Morgan fingerprint density at radius 2 is 1.77 bits per heavy atom. The Kier molecular flexibility index (Phi) is 4.80. The summed E-state index contributed by atoms with van der Waals surface area (Å²) in [6.45, 7) is 3.37. The molecule has 3 saturated heterocycles. The summed E-state index contributed by atoms with van der Waals surface area (Å²) in [5.41, 5.74) is 2.12. The van der Waals surface area contributed by atoms with Gasteiger partial charge in [-0.25, -0.2) is 0 Å². The van der Waals surface area contributed by atoms with Crippen molar-refractivity contribution in [3.05, 3.63) is 71.3 Å². The lowest BCUT2D eigenvalue weighted by Crippen LogP contribution is -2.55. The zero-order chi connectivity index (χ0) is 18.0. The number of rotatable bonds is 5. The molecule has 3 nitrogen and oxygen atoms in total. The van der Waals surface area contributed by atoms with Gasteiger partial charge in [-0.15, -0.1) is 0 Å². The summed E-state index contributed by atoms with van der Waals surface area (Å²) in [5, 5.41) is 20.9. The van der Waals surface area contributed by atoms with Gasteiger partial charge in [0, 0.05) is 13.9 Å². The van der Waals surface area contributed by atoms with Gasteiger partial charge in [0.2, 0.25) is 0 Å². The topological polar surface area (TPSA) is 47.3 Å². The van der Waals surface area contributed by atoms with E-state index in [1.54, 1.807) is 0 Å². The molecule has 3 aliphatic heterocycles. The largest absolute Gasteiger partial charge is 0.385 e. The maximum absolute atomic E-state index is 11.9. The van der Waals surface area contributed by atoms with Crippen molar-refractivity contribution < 1.29 is 6.53 Å². The maximum atomic E-state index is 11.9. The number of nitrogens with zero attached hydrogens (tertiary/aromatic N) is 2. The third-order valence-corrected chi connectivity index (χ3v) is 6.42. The van der Waals surface area contributed by atoms with Gasteiger partial charge in [-0.3, -0.25) is 0 Å². The normalized spacial score (nSPS) is 26.8. The van der Waals surface area contributed by atoms with Gasteiger partial charge in [0.1, 0.15) is 0 Å². The second-order valence-electron chi connectivity index (χ2n) is 7.84. The molecule has 2 aromatic rings. The number of hydrogen-bond donors (Lipinski definition) is 1. The number of benzene rings is 2. The van der Waals surface area contributed by atoms with E-state index >= 15 is 0 Å². The Bertz CT molecular complexity index is 778. The third kappa shape index (κ3) is 3.28. The van der Waals surface area contributed by atoms with E-state index in [2.05, 4.69) is 23.1 Å². The lowest BCUT2D eigenvalue weighted by molar-refractivity contribution is -0.106. The minimum Gasteiger partial charge on any atom is -0.385 e.